The van der Waals surface area contributed by atoms with Gasteiger partial charge in [-0.15, -0.1) is 0 Å². The molecule has 0 spiro atoms. The molecular weight excluding hydrogens is 240 g/mol. The van der Waals surface area contributed by atoms with E-state index in [9.17, 15) is 10.0 Å². The summed E-state index contributed by atoms with van der Waals surface area (Å²) in [5, 5.41) is 12.8. The zero-order valence-electron chi connectivity index (χ0n) is 12.8. The number of nitrogens with zero attached hydrogens (tertiary/aromatic N) is 2. The van der Waals surface area contributed by atoms with Crippen LogP contribution in [0.5, 0.6) is 0 Å². The van der Waals surface area contributed by atoms with E-state index >= 15 is 0 Å². The quantitative estimate of drug-likeness (QED) is 0.631. The maximum Gasteiger partial charge on any atom is 0.229 e. The molecule has 0 aliphatic heterocycles. The van der Waals surface area contributed by atoms with Gasteiger partial charge in [-0.2, -0.15) is 0 Å². The topological polar surface area (TPSA) is 52.9 Å². The summed E-state index contributed by atoms with van der Waals surface area (Å²) in [6, 6.07) is 0. The highest BCUT2D eigenvalue weighted by atomic mass is 16.4. The number of rotatable bonds is 3. The Labute approximate surface area is 115 Å². The molecule has 1 amide bonds. The lowest BCUT2D eigenvalue weighted by molar-refractivity contribution is -0.147. The van der Waals surface area contributed by atoms with E-state index in [1.807, 2.05) is 18.7 Å². The molecule has 2 atom stereocenters. The lowest BCUT2D eigenvalue weighted by atomic mass is 9.64. The van der Waals surface area contributed by atoms with Crippen molar-refractivity contribution >= 4 is 11.6 Å². The van der Waals surface area contributed by atoms with E-state index in [2.05, 4.69) is 25.9 Å². The van der Waals surface area contributed by atoms with Crippen LogP contribution in [-0.2, 0) is 4.79 Å². The molecule has 19 heavy (non-hydrogen) atoms. The summed E-state index contributed by atoms with van der Waals surface area (Å²) in [6.07, 6.45) is 2.46. The van der Waals surface area contributed by atoms with Gasteiger partial charge in [0.25, 0.3) is 0 Å². The third-order valence-corrected chi connectivity index (χ3v) is 6.31. The molecule has 2 bridgehead atoms. The van der Waals surface area contributed by atoms with Crippen molar-refractivity contribution in [3.63, 3.8) is 0 Å². The normalized spacial score (nSPS) is 37.8. The second kappa shape index (κ2) is 4.22. The number of amides is 1. The molecule has 2 aliphatic carbocycles. The van der Waals surface area contributed by atoms with Crippen LogP contribution in [0.2, 0.25) is 0 Å². The largest absolute Gasteiger partial charge is 0.411 e. The summed E-state index contributed by atoms with van der Waals surface area (Å²) < 4.78 is 0. The van der Waals surface area contributed by atoms with Crippen LogP contribution in [-0.4, -0.2) is 34.8 Å². The van der Waals surface area contributed by atoms with E-state index in [0.29, 0.717) is 6.42 Å². The summed E-state index contributed by atoms with van der Waals surface area (Å²) in [4.78, 5) is 14.9. The summed E-state index contributed by atoms with van der Waals surface area (Å²) in [5.74, 6) is 0.241. The SMILES string of the molecule is CCN(CC)C(=O)C12CCC(C)(/C(=N/O)C1)C2(C)C. The van der Waals surface area contributed by atoms with Crippen LogP contribution < -0.4 is 0 Å². The molecule has 0 aromatic carbocycles. The monoisotopic (exact) mass is 266 g/mol. The number of carbonyl (C=O) groups excluding carboxylic acids is 1. The van der Waals surface area contributed by atoms with Crippen molar-refractivity contribution in [1.82, 2.24) is 4.90 Å². The molecule has 0 aromatic heterocycles. The van der Waals surface area contributed by atoms with Gasteiger partial charge < -0.3 is 10.1 Å². The minimum Gasteiger partial charge on any atom is -0.411 e. The summed E-state index contributed by atoms with van der Waals surface area (Å²) in [6.45, 7) is 12.0. The van der Waals surface area contributed by atoms with Crippen LogP contribution >= 0.6 is 0 Å². The highest BCUT2D eigenvalue weighted by Crippen LogP contribution is 2.71. The second-order valence-corrected chi connectivity index (χ2v) is 6.74. The van der Waals surface area contributed by atoms with Crippen LogP contribution in [0.3, 0.4) is 0 Å². The molecule has 2 saturated carbocycles. The maximum atomic E-state index is 13.0. The molecular formula is C15H26N2O2. The smallest absolute Gasteiger partial charge is 0.229 e. The van der Waals surface area contributed by atoms with Crippen LogP contribution in [0, 0.1) is 16.2 Å². The van der Waals surface area contributed by atoms with Crippen molar-refractivity contribution in [3.8, 4) is 0 Å². The van der Waals surface area contributed by atoms with Gasteiger partial charge in [0, 0.05) is 24.9 Å². The van der Waals surface area contributed by atoms with Crippen LogP contribution in [0.25, 0.3) is 0 Å². The Bertz CT molecular complexity index is 426. The lowest BCUT2D eigenvalue weighted by Crippen LogP contribution is -2.48. The number of hydrogen-bond acceptors (Lipinski definition) is 3. The fourth-order valence-corrected chi connectivity index (χ4v) is 4.32. The number of fused-ring (bicyclic) bond motifs is 2. The van der Waals surface area contributed by atoms with Gasteiger partial charge in [0.05, 0.1) is 11.1 Å². The van der Waals surface area contributed by atoms with Crippen molar-refractivity contribution in [2.75, 3.05) is 13.1 Å². The van der Waals surface area contributed by atoms with Crippen molar-refractivity contribution in [1.29, 1.82) is 0 Å². The molecule has 2 aliphatic rings. The van der Waals surface area contributed by atoms with E-state index in [1.165, 1.54) is 0 Å². The van der Waals surface area contributed by atoms with E-state index in [1.54, 1.807) is 0 Å². The number of carbonyl (C=O) groups is 1. The molecule has 2 fully saturated rings. The molecule has 2 rings (SSSR count). The van der Waals surface area contributed by atoms with Crippen LogP contribution in [0.4, 0.5) is 0 Å². The highest BCUT2D eigenvalue weighted by molar-refractivity contribution is 6.02. The van der Waals surface area contributed by atoms with Gasteiger partial charge in [0.1, 0.15) is 0 Å². The Morgan fingerprint density at radius 1 is 1.26 bits per heavy atom. The third-order valence-electron chi connectivity index (χ3n) is 6.31. The molecule has 4 nitrogen and oxygen atoms in total. The van der Waals surface area contributed by atoms with Crippen molar-refractivity contribution in [3.05, 3.63) is 0 Å². The van der Waals surface area contributed by atoms with Crippen molar-refractivity contribution < 1.29 is 10.0 Å². The molecule has 2 unspecified atom stereocenters. The number of oxime groups is 1. The molecule has 0 saturated heterocycles. The molecule has 0 aromatic rings. The Morgan fingerprint density at radius 3 is 2.26 bits per heavy atom. The van der Waals surface area contributed by atoms with Crippen LogP contribution in [0.1, 0.15) is 53.9 Å². The number of hydrogen-bond donors (Lipinski definition) is 1. The van der Waals surface area contributed by atoms with Gasteiger partial charge in [-0.25, -0.2) is 0 Å². The predicted octanol–water partition coefficient (Wildman–Crippen LogP) is 2.90. The maximum absolute atomic E-state index is 13.0. The zero-order chi connectivity index (χ0) is 14.5. The Balaban J connectivity index is 2.48. The van der Waals surface area contributed by atoms with E-state index in [0.717, 1.165) is 31.6 Å². The first-order valence-electron chi connectivity index (χ1n) is 7.31. The van der Waals surface area contributed by atoms with Gasteiger partial charge in [-0.05, 0) is 32.1 Å². The summed E-state index contributed by atoms with van der Waals surface area (Å²) in [5.41, 5.74) is 0.130. The first-order chi connectivity index (χ1) is 8.80. The molecule has 1 N–H and O–H groups in total. The Hall–Kier alpha value is -1.06. The molecule has 0 heterocycles. The fraction of sp³-hybridized carbons (Fsp3) is 0.867. The first-order valence-corrected chi connectivity index (χ1v) is 7.31. The molecule has 4 heteroatoms. The van der Waals surface area contributed by atoms with Gasteiger partial charge >= 0.3 is 0 Å². The Morgan fingerprint density at radius 2 is 1.84 bits per heavy atom. The average molecular weight is 266 g/mol. The zero-order valence-corrected chi connectivity index (χ0v) is 12.8. The standard InChI is InChI=1S/C15H26N2O2/c1-6-17(7-2)12(18)15-9-8-14(5,13(15,3)4)11(10-15)16-19/h19H,6-10H2,1-5H3/b16-11+. The third kappa shape index (κ3) is 1.46. The minimum absolute atomic E-state index is 0.148. The van der Waals surface area contributed by atoms with Gasteiger partial charge in [0.2, 0.25) is 5.91 Å². The van der Waals surface area contributed by atoms with Crippen LogP contribution in [0.15, 0.2) is 5.16 Å². The van der Waals surface area contributed by atoms with Gasteiger partial charge in [-0.1, -0.05) is 25.9 Å². The Kier molecular flexibility index (Phi) is 3.19. The van der Waals surface area contributed by atoms with Gasteiger partial charge in [-0.3, -0.25) is 4.79 Å². The predicted molar refractivity (Wildman–Crippen MR) is 75.3 cm³/mol. The summed E-state index contributed by atoms with van der Waals surface area (Å²) >= 11 is 0. The first kappa shape index (κ1) is 14.4. The lowest BCUT2D eigenvalue weighted by Gasteiger charge is -2.41. The van der Waals surface area contributed by atoms with E-state index < -0.39 is 0 Å². The van der Waals surface area contributed by atoms with Crippen molar-refractivity contribution in [2.45, 2.75) is 53.9 Å². The fourth-order valence-electron chi connectivity index (χ4n) is 4.32. The van der Waals surface area contributed by atoms with E-state index in [4.69, 9.17) is 0 Å². The highest BCUT2D eigenvalue weighted by Gasteiger charge is 2.72. The van der Waals surface area contributed by atoms with Gasteiger partial charge in [0.15, 0.2) is 0 Å². The molecule has 0 radical (unpaired) electrons. The summed E-state index contributed by atoms with van der Waals surface area (Å²) in [7, 11) is 0. The van der Waals surface area contributed by atoms with Crippen molar-refractivity contribution in [2.24, 2.45) is 21.4 Å². The second-order valence-electron chi connectivity index (χ2n) is 6.74. The van der Waals surface area contributed by atoms with E-state index in [-0.39, 0.29) is 22.2 Å². The average Bonchev–Trinajstić information content (AvgIpc) is 2.69. The minimum atomic E-state index is -0.380. The molecule has 108 valence electrons.